The van der Waals surface area contributed by atoms with Crippen LogP contribution in [-0.2, 0) is 4.79 Å². The number of unbranched alkanes of at least 4 members (excludes halogenated alkanes) is 1. The Morgan fingerprint density at radius 3 is 2.71 bits per heavy atom. The number of hydrogen-bond acceptors (Lipinski definition) is 2. The van der Waals surface area contributed by atoms with Crippen LogP contribution in [0.25, 0.3) is 6.08 Å². The number of anilines is 1. The van der Waals surface area contributed by atoms with Gasteiger partial charge in [-0.3, -0.25) is 4.79 Å². The highest BCUT2D eigenvalue weighted by Crippen LogP contribution is 2.25. The summed E-state index contributed by atoms with van der Waals surface area (Å²) in [5, 5.41) is 3.59. The van der Waals surface area contributed by atoms with Gasteiger partial charge < -0.3 is 10.1 Å². The molecule has 1 N–H and O–H groups in total. The fourth-order valence-electron chi connectivity index (χ4n) is 2.00. The van der Waals surface area contributed by atoms with E-state index in [9.17, 15) is 4.79 Å². The highest BCUT2D eigenvalue weighted by atomic mass is 35.5. The number of carbonyl (C=O) groups excluding carboxylic acids is 1. The molecule has 2 aromatic rings. The molecule has 0 aliphatic heterocycles. The fraction of sp³-hybridized carbons (Fsp3) is 0.211. The second kappa shape index (κ2) is 9.36. The molecule has 0 unspecified atom stereocenters. The third-order valence-electron chi connectivity index (χ3n) is 3.28. The topological polar surface area (TPSA) is 38.3 Å². The number of para-hydroxylation sites is 1. The zero-order chi connectivity index (χ0) is 17.4. The number of amides is 1. The van der Waals surface area contributed by atoms with Crippen LogP contribution in [0.1, 0.15) is 25.3 Å². The maximum Gasteiger partial charge on any atom is 0.248 e. The van der Waals surface area contributed by atoms with Gasteiger partial charge in [-0.15, -0.1) is 0 Å². The van der Waals surface area contributed by atoms with Crippen molar-refractivity contribution in [3.8, 4) is 5.75 Å². The molecule has 0 aliphatic rings. The highest BCUT2D eigenvalue weighted by Gasteiger charge is 2.03. The maximum absolute atomic E-state index is 12.0. The van der Waals surface area contributed by atoms with Crippen molar-refractivity contribution < 1.29 is 9.53 Å². The monoisotopic (exact) mass is 363 g/mol. The van der Waals surface area contributed by atoms with Crippen LogP contribution in [0.2, 0.25) is 10.0 Å². The molecule has 1 amide bonds. The summed E-state index contributed by atoms with van der Waals surface area (Å²) in [4.78, 5) is 12.0. The smallest absolute Gasteiger partial charge is 0.248 e. The van der Waals surface area contributed by atoms with E-state index in [0.717, 1.165) is 24.2 Å². The van der Waals surface area contributed by atoms with Gasteiger partial charge in [0.1, 0.15) is 5.75 Å². The summed E-state index contributed by atoms with van der Waals surface area (Å²) >= 11 is 11.8. The van der Waals surface area contributed by atoms with E-state index in [1.54, 1.807) is 24.3 Å². The second-order valence-corrected chi connectivity index (χ2v) is 6.01. The van der Waals surface area contributed by atoms with Crippen LogP contribution in [-0.4, -0.2) is 12.5 Å². The van der Waals surface area contributed by atoms with E-state index in [4.69, 9.17) is 27.9 Å². The number of ether oxygens (including phenoxy) is 1. The van der Waals surface area contributed by atoms with Crippen molar-refractivity contribution in [1.29, 1.82) is 0 Å². The minimum Gasteiger partial charge on any atom is -0.493 e. The van der Waals surface area contributed by atoms with Gasteiger partial charge in [0.05, 0.1) is 16.7 Å². The van der Waals surface area contributed by atoms with Crippen molar-refractivity contribution in [2.75, 3.05) is 11.9 Å². The third-order valence-corrected chi connectivity index (χ3v) is 4.01. The van der Waals surface area contributed by atoms with Gasteiger partial charge in [0.15, 0.2) is 0 Å². The molecule has 0 radical (unpaired) electrons. The Labute approximate surface area is 152 Å². The molecule has 0 spiro atoms. The van der Waals surface area contributed by atoms with E-state index in [2.05, 4.69) is 12.2 Å². The summed E-state index contributed by atoms with van der Waals surface area (Å²) in [6.07, 6.45) is 5.26. The van der Waals surface area contributed by atoms with E-state index in [-0.39, 0.29) is 5.91 Å². The van der Waals surface area contributed by atoms with Crippen molar-refractivity contribution in [1.82, 2.24) is 0 Å². The Hall–Kier alpha value is -1.97. The predicted octanol–water partition coefficient (Wildman–Crippen LogP) is 5.82. The lowest BCUT2D eigenvalue weighted by Crippen LogP contribution is -2.07. The van der Waals surface area contributed by atoms with Crippen LogP contribution in [0.15, 0.2) is 48.5 Å². The molecule has 0 aromatic heterocycles. The summed E-state index contributed by atoms with van der Waals surface area (Å²) in [6.45, 7) is 2.78. The van der Waals surface area contributed by atoms with Crippen LogP contribution in [0.4, 0.5) is 5.69 Å². The van der Waals surface area contributed by atoms with Crippen LogP contribution >= 0.6 is 23.2 Å². The SMILES string of the molecule is CCCCOc1ccccc1/C=C/C(=O)Nc1ccc(Cl)c(Cl)c1. The van der Waals surface area contributed by atoms with Gasteiger partial charge in [-0.05, 0) is 36.8 Å². The molecule has 0 aliphatic carbocycles. The highest BCUT2D eigenvalue weighted by molar-refractivity contribution is 6.42. The van der Waals surface area contributed by atoms with Gasteiger partial charge >= 0.3 is 0 Å². The summed E-state index contributed by atoms with van der Waals surface area (Å²) in [5.74, 6) is 0.515. The van der Waals surface area contributed by atoms with Crippen LogP contribution in [0.3, 0.4) is 0 Å². The van der Waals surface area contributed by atoms with Gasteiger partial charge in [-0.2, -0.15) is 0 Å². The number of rotatable bonds is 7. The standard InChI is InChI=1S/C19H19Cl2NO2/c1-2-3-12-24-18-7-5-4-6-14(18)8-11-19(23)22-15-9-10-16(20)17(21)13-15/h4-11,13H,2-3,12H2,1H3,(H,22,23)/b11-8+. The first-order valence-electron chi connectivity index (χ1n) is 7.76. The average Bonchev–Trinajstić information content (AvgIpc) is 2.57. The average molecular weight is 364 g/mol. The summed E-state index contributed by atoms with van der Waals surface area (Å²) in [5.41, 5.74) is 1.45. The molecule has 0 fully saturated rings. The Morgan fingerprint density at radius 2 is 1.96 bits per heavy atom. The Bertz CT molecular complexity index is 729. The lowest BCUT2D eigenvalue weighted by molar-refractivity contribution is -0.111. The summed E-state index contributed by atoms with van der Waals surface area (Å²) in [6, 6.07) is 12.6. The van der Waals surface area contributed by atoms with Gasteiger partial charge in [-0.25, -0.2) is 0 Å². The molecule has 126 valence electrons. The molecule has 2 rings (SSSR count). The van der Waals surface area contributed by atoms with Gasteiger partial charge in [0.25, 0.3) is 0 Å². The molecule has 0 saturated carbocycles. The largest absolute Gasteiger partial charge is 0.493 e. The number of nitrogens with one attached hydrogen (secondary N) is 1. The first kappa shape index (κ1) is 18.4. The number of hydrogen-bond donors (Lipinski definition) is 1. The van der Waals surface area contributed by atoms with Crippen molar-refractivity contribution in [2.45, 2.75) is 19.8 Å². The van der Waals surface area contributed by atoms with E-state index in [1.165, 1.54) is 6.08 Å². The van der Waals surface area contributed by atoms with Gasteiger partial charge in [-0.1, -0.05) is 54.7 Å². The number of carbonyl (C=O) groups is 1. The van der Waals surface area contributed by atoms with E-state index in [0.29, 0.717) is 22.3 Å². The lowest BCUT2D eigenvalue weighted by Gasteiger charge is -2.08. The van der Waals surface area contributed by atoms with Crippen molar-refractivity contribution in [2.24, 2.45) is 0 Å². The molecular weight excluding hydrogens is 345 g/mol. The molecule has 2 aromatic carbocycles. The van der Waals surface area contributed by atoms with Gasteiger partial charge in [0.2, 0.25) is 5.91 Å². The maximum atomic E-state index is 12.0. The molecule has 0 bridgehead atoms. The van der Waals surface area contributed by atoms with Crippen molar-refractivity contribution in [3.05, 3.63) is 64.1 Å². The number of halogens is 2. The second-order valence-electron chi connectivity index (χ2n) is 5.19. The van der Waals surface area contributed by atoms with Crippen LogP contribution in [0, 0.1) is 0 Å². The molecular formula is C19H19Cl2NO2. The molecule has 0 atom stereocenters. The minimum atomic E-state index is -0.253. The Kier molecular flexibility index (Phi) is 7.16. The summed E-state index contributed by atoms with van der Waals surface area (Å²) in [7, 11) is 0. The molecule has 0 heterocycles. The quantitative estimate of drug-likeness (QED) is 0.496. The van der Waals surface area contributed by atoms with Gasteiger partial charge in [0, 0.05) is 17.3 Å². The zero-order valence-corrected chi connectivity index (χ0v) is 14.9. The zero-order valence-electron chi connectivity index (χ0n) is 13.4. The molecule has 24 heavy (non-hydrogen) atoms. The van der Waals surface area contributed by atoms with E-state index >= 15 is 0 Å². The van der Waals surface area contributed by atoms with E-state index < -0.39 is 0 Å². The predicted molar refractivity (Wildman–Crippen MR) is 101 cm³/mol. The Morgan fingerprint density at radius 1 is 1.17 bits per heavy atom. The van der Waals surface area contributed by atoms with E-state index in [1.807, 2.05) is 24.3 Å². The van der Waals surface area contributed by atoms with Crippen LogP contribution in [0.5, 0.6) is 5.75 Å². The fourth-order valence-corrected chi connectivity index (χ4v) is 2.30. The van der Waals surface area contributed by atoms with Crippen LogP contribution < -0.4 is 10.1 Å². The molecule has 0 saturated heterocycles. The van der Waals surface area contributed by atoms with Crippen molar-refractivity contribution >= 4 is 40.9 Å². The molecule has 5 heteroatoms. The summed E-state index contributed by atoms with van der Waals surface area (Å²) < 4.78 is 5.74. The first-order chi connectivity index (χ1) is 11.6. The lowest BCUT2D eigenvalue weighted by atomic mass is 10.2. The molecule has 3 nitrogen and oxygen atoms in total. The first-order valence-corrected chi connectivity index (χ1v) is 8.51. The minimum absolute atomic E-state index is 0.253. The normalized spacial score (nSPS) is 10.8. The third kappa shape index (κ3) is 5.59. The Balaban J connectivity index is 2.01. The van der Waals surface area contributed by atoms with Crippen molar-refractivity contribution in [3.63, 3.8) is 0 Å². The number of benzene rings is 2.